The largest absolute Gasteiger partial charge is 0.489 e. The minimum Gasteiger partial charge on any atom is -0.489 e. The van der Waals surface area contributed by atoms with Gasteiger partial charge in [-0.25, -0.2) is 5.01 Å². The molecule has 0 saturated carbocycles. The van der Waals surface area contributed by atoms with Gasteiger partial charge in [-0.15, -0.1) is 0 Å². The molecule has 0 bridgehead atoms. The highest BCUT2D eigenvalue weighted by atomic mass is 35.5. The molecule has 1 unspecified atom stereocenters. The number of nitrogens with two attached hydrogens (primary N) is 1. The second-order valence-corrected chi connectivity index (χ2v) is 11.2. The maximum atomic E-state index is 13.7. The lowest BCUT2D eigenvalue weighted by molar-refractivity contribution is -0.118. The van der Waals surface area contributed by atoms with Gasteiger partial charge < -0.3 is 10.5 Å². The molecule has 1 atom stereocenters. The molecule has 2 aliphatic rings. The van der Waals surface area contributed by atoms with Crippen LogP contribution in [0.2, 0.25) is 5.02 Å². The lowest BCUT2D eigenvalue weighted by Crippen LogP contribution is -2.49. The maximum Gasteiger partial charge on any atom is 0.270 e. The van der Waals surface area contributed by atoms with E-state index < -0.39 is 11.8 Å². The Kier molecular flexibility index (Phi) is 7.38. The maximum absolute atomic E-state index is 13.7. The summed E-state index contributed by atoms with van der Waals surface area (Å²) in [5.41, 5.74) is 12.4. The minimum absolute atomic E-state index is 0.0784. The summed E-state index contributed by atoms with van der Waals surface area (Å²) in [6, 6.07) is 25.9. The molecule has 0 spiro atoms. The highest BCUT2D eigenvalue weighted by Gasteiger charge is 2.45. The number of carbonyl (C=O) groups is 2. The summed E-state index contributed by atoms with van der Waals surface area (Å²) >= 11 is 5.98. The molecule has 1 aliphatic heterocycles. The normalized spacial score (nSPS) is 18.2. The van der Waals surface area contributed by atoms with Gasteiger partial charge in [-0.1, -0.05) is 67.9 Å². The number of nitriles is 1. The van der Waals surface area contributed by atoms with Crippen molar-refractivity contribution in [1.82, 2.24) is 10.4 Å². The van der Waals surface area contributed by atoms with E-state index in [1.807, 2.05) is 68.4 Å². The summed E-state index contributed by atoms with van der Waals surface area (Å²) in [5, 5.41) is 12.2. The number of nitrogens with one attached hydrogen (secondary N) is 1. The number of hydrogen-bond acceptors (Lipinski definition) is 6. The van der Waals surface area contributed by atoms with E-state index in [-0.39, 0.29) is 22.6 Å². The smallest absolute Gasteiger partial charge is 0.270 e. The highest BCUT2D eigenvalue weighted by Crippen LogP contribution is 2.48. The van der Waals surface area contributed by atoms with Gasteiger partial charge in [0.05, 0.1) is 23.3 Å². The molecule has 8 heteroatoms. The number of nitrogens with zero attached hydrogens (tertiary/aromatic N) is 2. The summed E-state index contributed by atoms with van der Waals surface area (Å²) in [6.07, 6.45) is 0.791. The quantitative estimate of drug-likeness (QED) is 0.388. The van der Waals surface area contributed by atoms with E-state index in [0.717, 1.165) is 5.56 Å². The molecular formula is C32H29ClN4O3. The average molecular weight is 553 g/mol. The Morgan fingerprint density at radius 2 is 1.82 bits per heavy atom. The number of hydrogen-bond donors (Lipinski definition) is 2. The van der Waals surface area contributed by atoms with Crippen LogP contribution in [0.1, 0.15) is 54.1 Å². The Labute approximate surface area is 238 Å². The number of rotatable bonds is 6. The van der Waals surface area contributed by atoms with Gasteiger partial charge in [0.2, 0.25) is 0 Å². The van der Waals surface area contributed by atoms with Crippen LogP contribution in [0.4, 0.5) is 0 Å². The second kappa shape index (κ2) is 10.9. The molecule has 1 aliphatic carbocycles. The molecule has 40 heavy (non-hydrogen) atoms. The average Bonchev–Trinajstić information content (AvgIpc) is 2.93. The lowest BCUT2D eigenvalue weighted by Gasteiger charge is -2.43. The van der Waals surface area contributed by atoms with Crippen LogP contribution in [0, 0.1) is 16.7 Å². The van der Waals surface area contributed by atoms with E-state index in [4.69, 9.17) is 22.1 Å². The Hall–Kier alpha value is -4.54. The molecule has 202 valence electrons. The molecule has 3 aromatic rings. The molecule has 1 heterocycles. The van der Waals surface area contributed by atoms with Crippen molar-refractivity contribution in [3.63, 3.8) is 0 Å². The number of allylic oxidation sites excluding steroid dienone is 3. The summed E-state index contributed by atoms with van der Waals surface area (Å²) in [7, 11) is 0. The number of ketones is 1. The van der Waals surface area contributed by atoms with Crippen LogP contribution in [-0.2, 0) is 11.4 Å². The first kappa shape index (κ1) is 27.0. The molecule has 0 radical (unpaired) electrons. The van der Waals surface area contributed by atoms with Crippen molar-refractivity contribution in [2.45, 2.75) is 39.2 Å². The van der Waals surface area contributed by atoms with E-state index >= 15 is 0 Å². The van der Waals surface area contributed by atoms with Crippen LogP contribution in [0.15, 0.2) is 102 Å². The van der Waals surface area contributed by atoms with Crippen LogP contribution in [0.25, 0.3) is 0 Å². The van der Waals surface area contributed by atoms with Crippen molar-refractivity contribution in [3.05, 3.63) is 123 Å². The number of ether oxygens (including phenoxy) is 1. The van der Waals surface area contributed by atoms with E-state index in [1.165, 1.54) is 5.01 Å². The summed E-state index contributed by atoms with van der Waals surface area (Å²) < 4.78 is 6.04. The molecule has 3 N–H and O–H groups in total. The highest BCUT2D eigenvalue weighted by molar-refractivity contribution is 6.30. The Morgan fingerprint density at radius 3 is 2.52 bits per heavy atom. The SMILES string of the molecule is CC1(C)CC(=O)C2=C(C1)N(NC(=O)c1ccc(Cl)cc1)C(N)=C(C#N)C2c1cccc(OCc2ccccc2)c1. The number of hydrazine groups is 1. The third-order valence-electron chi connectivity index (χ3n) is 7.14. The number of halogens is 1. The number of amides is 1. The van der Waals surface area contributed by atoms with Crippen molar-refractivity contribution in [3.8, 4) is 11.8 Å². The van der Waals surface area contributed by atoms with Crippen molar-refractivity contribution in [2.24, 2.45) is 11.1 Å². The van der Waals surface area contributed by atoms with Crippen molar-refractivity contribution < 1.29 is 14.3 Å². The second-order valence-electron chi connectivity index (χ2n) is 10.8. The molecule has 7 nitrogen and oxygen atoms in total. The van der Waals surface area contributed by atoms with Gasteiger partial charge in [0.15, 0.2) is 5.78 Å². The first-order chi connectivity index (χ1) is 19.2. The van der Waals surface area contributed by atoms with Crippen molar-refractivity contribution >= 4 is 23.3 Å². The van der Waals surface area contributed by atoms with Gasteiger partial charge in [0, 0.05) is 22.6 Å². The van der Waals surface area contributed by atoms with Crippen LogP contribution in [-0.4, -0.2) is 16.7 Å². The van der Waals surface area contributed by atoms with Gasteiger partial charge in [0.1, 0.15) is 18.2 Å². The fourth-order valence-corrected chi connectivity index (χ4v) is 5.39. The Bertz CT molecular complexity index is 1570. The number of benzene rings is 3. The number of carbonyl (C=O) groups excluding carboxylic acids is 2. The molecule has 3 aromatic carbocycles. The Balaban J connectivity index is 1.54. The minimum atomic E-state index is -0.687. The zero-order chi connectivity index (χ0) is 28.4. The van der Waals surface area contributed by atoms with Gasteiger partial charge in [-0.3, -0.25) is 15.0 Å². The van der Waals surface area contributed by atoms with E-state index in [0.29, 0.717) is 52.6 Å². The predicted octanol–water partition coefficient (Wildman–Crippen LogP) is 6.00. The van der Waals surface area contributed by atoms with Crippen LogP contribution < -0.4 is 15.9 Å². The zero-order valence-corrected chi connectivity index (χ0v) is 23.0. The van der Waals surface area contributed by atoms with Gasteiger partial charge >= 0.3 is 0 Å². The van der Waals surface area contributed by atoms with Crippen LogP contribution >= 0.6 is 11.6 Å². The molecule has 0 aromatic heterocycles. The van der Waals surface area contributed by atoms with Crippen LogP contribution in [0.5, 0.6) is 5.75 Å². The van der Waals surface area contributed by atoms with Gasteiger partial charge in [0.25, 0.3) is 5.91 Å². The van der Waals surface area contributed by atoms with Crippen molar-refractivity contribution in [1.29, 1.82) is 5.26 Å². The standard InChI is InChI=1S/C32H29ClN4O3/c1-32(2)16-26-29(27(38)17-32)28(22-9-6-10-24(15-22)40-19-20-7-4-3-5-8-20)25(18-34)30(35)37(26)36-31(39)21-11-13-23(33)14-12-21/h3-15,28H,16-17,19,35H2,1-2H3,(H,36,39). The first-order valence-corrected chi connectivity index (χ1v) is 13.3. The van der Waals surface area contributed by atoms with E-state index in [2.05, 4.69) is 11.5 Å². The van der Waals surface area contributed by atoms with Crippen molar-refractivity contribution in [2.75, 3.05) is 0 Å². The van der Waals surface area contributed by atoms with E-state index in [1.54, 1.807) is 24.3 Å². The summed E-state index contributed by atoms with van der Waals surface area (Å²) in [4.78, 5) is 26.9. The molecule has 0 fully saturated rings. The molecular weight excluding hydrogens is 524 g/mol. The third-order valence-corrected chi connectivity index (χ3v) is 7.39. The van der Waals surface area contributed by atoms with Gasteiger partial charge in [-0.05, 0) is 59.4 Å². The van der Waals surface area contributed by atoms with Gasteiger partial charge in [-0.2, -0.15) is 5.26 Å². The third kappa shape index (κ3) is 5.45. The number of Topliss-reactive ketones (excluding diaryl/α,β-unsaturated/α-hetero) is 1. The fourth-order valence-electron chi connectivity index (χ4n) is 5.26. The zero-order valence-electron chi connectivity index (χ0n) is 22.3. The first-order valence-electron chi connectivity index (χ1n) is 13.0. The van der Waals surface area contributed by atoms with E-state index in [9.17, 15) is 14.9 Å². The topological polar surface area (TPSA) is 108 Å². The van der Waals surface area contributed by atoms with Crippen LogP contribution in [0.3, 0.4) is 0 Å². The summed E-state index contributed by atoms with van der Waals surface area (Å²) in [5.74, 6) is -0.518. The predicted molar refractivity (Wildman–Crippen MR) is 153 cm³/mol. The monoisotopic (exact) mass is 552 g/mol. The molecule has 1 amide bonds. The molecule has 5 rings (SSSR count). The Morgan fingerprint density at radius 1 is 1.10 bits per heavy atom. The molecule has 0 saturated heterocycles. The lowest BCUT2D eigenvalue weighted by atomic mass is 9.69. The fraction of sp³-hybridized carbons (Fsp3) is 0.219. The summed E-state index contributed by atoms with van der Waals surface area (Å²) in [6.45, 7) is 4.38.